The first-order chi connectivity index (χ1) is 8.13. The number of H-pyrrole nitrogens is 1. The van der Waals surface area contributed by atoms with Gasteiger partial charge in [0.15, 0.2) is 0 Å². The maximum Gasteiger partial charge on any atom is 0.352 e. The van der Waals surface area contributed by atoms with Crippen LogP contribution in [0.2, 0.25) is 0 Å². The molecule has 0 aliphatic rings. The molecule has 17 heavy (non-hydrogen) atoms. The van der Waals surface area contributed by atoms with E-state index in [9.17, 15) is 4.79 Å². The second-order valence-electron chi connectivity index (χ2n) is 3.75. The third-order valence-corrected chi connectivity index (χ3v) is 2.62. The van der Waals surface area contributed by atoms with Gasteiger partial charge in [-0.05, 0) is 30.7 Å². The van der Waals surface area contributed by atoms with E-state index in [0.717, 1.165) is 22.6 Å². The number of nitrogens with one attached hydrogen (secondary N) is 1. The highest BCUT2D eigenvalue weighted by molar-refractivity contribution is 5.88. The van der Waals surface area contributed by atoms with Gasteiger partial charge in [-0.2, -0.15) is 0 Å². The predicted molar refractivity (Wildman–Crippen MR) is 64.5 cm³/mol. The molecule has 1 aromatic heterocycles. The maximum atomic E-state index is 10.9. The number of aryl methyl sites for hydroxylation is 1. The van der Waals surface area contributed by atoms with Crippen LogP contribution >= 0.6 is 0 Å². The number of aromatic amines is 1. The summed E-state index contributed by atoms with van der Waals surface area (Å²) in [5.74, 6) is -0.247. The molecule has 0 fully saturated rings. The van der Waals surface area contributed by atoms with Gasteiger partial charge in [0.05, 0.1) is 12.8 Å². The molecule has 0 amide bonds. The molecule has 2 rings (SSSR count). The zero-order chi connectivity index (χ0) is 12.4. The fourth-order valence-electron chi connectivity index (χ4n) is 1.80. The van der Waals surface area contributed by atoms with Crippen molar-refractivity contribution >= 4 is 5.97 Å². The number of hydrogen-bond donors (Lipinski definition) is 2. The molecule has 0 atom stereocenters. The summed E-state index contributed by atoms with van der Waals surface area (Å²) in [5, 5.41) is 8.93. The van der Waals surface area contributed by atoms with Gasteiger partial charge in [-0.15, -0.1) is 0 Å². The van der Waals surface area contributed by atoms with Gasteiger partial charge in [-0.1, -0.05) is 12.1 Å². The number of carboxylic acids is 1. The van der Waals surface area contributed by atoms with E-state index >= 15 is 0 Å². The molecule has 1 aromatic carbocycles. The zero-order valence-electron chi connectivity index (χ0n) is 9.65. The highest BCUT2D eigenvalue weighted by Crippen LogP contribution is 2.31. The van der Waals surface area contributed by atoms with Crippen LogP contribution in [0.3, 0.4) is 0 Å². The van der Waals surface area contributed by atoms with Gasteiger partial charge in [0.25, 0.3) is 0 Å². The largest absolute Gasteiger partial charge is 0.496 e. The van der Waals surface area contributed by atoms with Crippen molar-refractivity contribution in [1.29, 1.82) is 0 Å². The second-order valence-corrected chi connectivity index (χ2v) is 3.75. The van der Waals surface area contributed by atoms with E-state index < -0.39 is 5.97 Å². The molecule has 0 aliphatic heterocycles. The van der Waals surface area contributed by atoms with Crippen LogP contribution in [0.15, 0.2) is 30.3 Å². The van der Waals surface area contributed by atoms with E-state index in [2.05, 4.69) is 4.98 Å². The molecular formula is C13H13NO3. The average molecular weight is 231 g/mol. The molecule has 1 heterocycles. The number of methoxy groups -OCH3 is 1. The van der Waals surface area contributed by atoms with Gasteiger partial charge >= 0.3 is 5.97 Å². The normalized spacial score (nSPS) is 10.2. The third-order valence-electron chi connectivity index (χ3n) is 2.62. The summed E-state index contributed by atoms with van der Waals surface area (Å²) in [6.45, 7) is 1.87. The Morgan fingerprint density at radius 3 is 2.65 bits per heavy atom. The molecule has 4 heteroatoms. The fraction of sp³-hybridized carbons (Fsp3) is 0.154. The van der Waals surface area contributed by atoms with Crippen LogP contribution in [-0.4, -0.2) is 23.2 Å². The van der Waals surface area contributed by atoms with Gasteiger partial charge in [0, 0.05) is 5.56 Å². The molecule has 0 bridgehead atoms. The van der Waals surface area contributed by atoms with Crippen molar-refractivity contribution in [3.8, 4) is 17.0 Å². The summed E-state index contributed by atoms with van der Waals surface area (Å²) in [6, 6.07) is 9.11. The lowest BCUT2D eigenvalue weighted by molar-refractivity contribution is 0.0691. The third kappa shape index (κ3) is 2.01. The van der Waals surface area contributed by atoms with Gasteiger partial charge in [-0.3, -0.25) is 0 Å². The van der Waals surface area contributed by atoms with E-state index in [4.69, 9.17) is 9.84 Å². The van der Waals surface area contributed by atoms with Crippen LogP contribution in [-0.2, 0) is 0 Å². The van der Waals surface area contributed by atoms with E-state index in [0.29, 0.717) is 0 Å². The molecule has 0 unspecified atom stereocenters. The minimum Gasteiger partial charge on any atom is -0.496 e. The number of aromatic nitrogens is 1. The average Bonchev–Trinajstić information content (AvgIpc) is 2.71. The smallest absolute Gasteiger partial charge is 0.352 e. The topological polar surface area (TPSA) is 62.3 Å². The fourth-order valence-corrected chi connectivity index (χ4v) is 1.80. The SMILES string of the molecule is COc1ccccc1-c1[nH]c(C(=O)O)cc1C. The van der Waals surface area contributed by atoms with E-state index in [1.54, 1.807) is 13.2 Å². The lowest BCUT2D eigenvalue weighted by atomic mass is 10.1. The Morgan fingerprint density at radius 2 is 2.06 bits per heavy atom. The molecule has 4 nitrogen and oxygen atoms in total. The summed E-state index contributed by atoms with van der Waals surface area (Å²) >= 11 is 0. The number of aromatic carboxylic acids is 1. The Morgan fingerprint density at radius 1 is 1.35 bits per heavy atom. The Bertz CT molecular complexity index is 558. The Labute approximate surface area is 98.9 Å². The summed E-state index contributed by atoms with van der Waals surface area (Å²) in [5.41, 5.74) is 2.70. The summed E-state index contributed by atoms with van der Waals surface area (Å²) in [6.07, 6.45) is 0. The molecule has 2 aromatic rings. The molecule has 0 saturated carbocycles. The quantitative estimate of drug-likeness (QED) is 0.853. The number of ether oxygens (including phenoxy) is 1. The molecule has 88 valence electrons. The Hall–Kier alpha value is -2.23. The van der Waals surface area contributed by atoms with Crippen LogP contribution in [0.5, 0.6) is 5.75 Å². The molecule has 0 spiro atoms. The van der Waals surface area contributed by atoms with Crippen molar-refractivity contribution in [2.75, 3.05) is 7.11 Å². The molecular weight excluding hydrogens is 218 g/mol. The van der Waals surface area contributed by atoms with Crippen molar-refractivity contribution < 1.29 is 14.6 Å². The minimum absolute atomic E-state index is 0.184. The second kappa shape index (κ2) is 4.33. The van der Waals surface area contributed by atoms with Crippen LogP contribution in [0.25, 0.3) is 11.3 Å². The van der Waals surface area contributed by atoms with Gasteiger partial charge in [-0.25, -0.2) is 4.79 Å². The highest BCUT2D eigenvalue weighted by Gasteiger charge is 2.14. The lowest BCUT2D eigenvalue weighted by Crippen LogP contribution is -1.96. The van der Waals surface area contributed by atoms with Crippen molar-refractivity contribution in [3.63, 3.8) is 0 Å². The van der Waals surface area contributed by atoms with Crippen LogP contribution < -0.4 is 4.74 Å². The number of rotatable bonds is 3. The van der Waals surface area contributed by atoms with Crippen molar-refractivity contribution in [2.24, 2.45) is 0 Å². The van der Waals surface area contributed by atoms with Gasteiger partial charge in [0.2, 0.25) is 0 Å². The van der Waals surface area contributed by atoms with Crippen LogP contribution in [0.4, 0.5) is 0 Å². The molecule has 0 radical (unpaired) electrons. The Kier molecular flexibility index (Phi) is 2.87. The molecule has 2 N–H and O–H groups in total. The summed E-state index contributed by atoms with van der Waals surface area (Å²) < 4.78 is 5.26. The molecule has 0 saturated heterocycles. The first-order valence-electron chi connectivity index (χ1n) is 5.19. The number of carboxylic acid groups (broad SMARTS) is 1. The van der Waals surface area contributed by atoms with E-state index in [1.165, 1.54) is 0 Å². The lowest BCUT2D eigenvalue weighted by Gasteiger charge is -2.07. The maximum absolute atomic E-state index is 10.9. The first-order valence-corrected chi connectivity index (χ1v) is 5.19. The predicted octanol–water partition coefficient (Wildman–Crippen LogP) is 2.70. The Balaban J connectivity index is 2.56. The summed E-state index contributed by atoms with van der Waals surface area (Å²) in [4.78, 5) is 13.8. The minimum atomic E-state index is -0.964. The standard InChI is InChI=1S/C13H13NO3/c1-8-7-10(13(15)16)14-12(8)9-5-3-4-6-11(9)17-2/h3-7,14H,1-2H3,(H,15,16). The van der Waals surface area contributed by atoms with Crippen LogP contribution in [0.1, 0.15) is 16.1 Å². The van der Waals surface area contributed by atoms with Crippen molar-refractivity contribution in [2.45, 2.75) is 6.92 Å². The first kappa shape index (κ1) is 11.3. The van der Waals surface area contributed by atoms with E-state index in [-0.39, 0.29) is 5.69 Å². The van der Waals surface area contributed by atoms with E-state index in [1.807, 2.05) is 31.2 Å². The highest BCUT2D eigenvalue weighted by atomic mass is 16.5. The van der Waals surface area contributed by atoms with Crippen LogP contribution in [0, 0.1) is 6.92 Å². The molecule has 0 aliphatic carbocycles. The van der Waals surface area contributed by atoms with Gasteiger partial charge < -0.3 is 14.8 Å². The number of para-hydroxylation sites is 1. The number of carbonyl (C=O) groups is 1. The summed E-state index contributed by atoms with van der Waals surface area (Å²) in [7, 11) is 1.59. The zero-order valence-corrected chi connectivity index (χ0v) is 9.65. The monoisotopic (exact) mass is 231 g/mol. The van der Waals surface area contributed by atoms with Gasteiger partial charge in [0.1, 0.15) is 11.4 Å². The number of hydrogen-bond acceptors (Lipinski definition) is 2. The van der Waals surface area contributed by atoms with Crippen molar-refractivity contribution in [1.82, 2.24) is 4.98 Å². The van der Waals surface area contributed by atoms with Crippen molar-refractivity contribution in [3.05, 3.63) is 41.6 Å². The number of benzene rings is 1.